The molecule has 1 nitrogen and oxygen atoms in total. The first kappa shape index (κ1) is 11.5. The van der Waals surface area contributed by atoms with Gasteiger partial charge >= 0.3 is 0 Å². The van der Waals surface area contributed by atoms with Crippen LogP contribution in [0.5, 0.6) is 0 Å². The molecular weight excluding hydrogens is 201 g/mol. The van der Waals surface area contributed by atoms with Gasteiger partial charge in [0.2, 0.25) is 0 Å². The van der Waals surface area contributed by atoms with Crippen molar-refractivity contribution in [1.29, 1.82) is 0 Å². The largest absolute Gasteiger partial charge is 0.319 e. The third-order valence-corrected chi connectivity index (χ3v) is 2.51. The molecule has 0 aliphatic carbocycles. The van der Waals surface area contributed by atoms with Crippen molar-refractivity contribution in [1.82, 2.24) is 5.32 Å². The van der Waals surface area contributed by atoms with Crippen LogP contribution in [-0.2, 0) is 5.41 Å². The molecule has 0 heterocycles. The zero-order valence-corrected chi connectivity index (χ0v) is 9.45. The molecule has 0 aromatic heterocycles. The molecule has 1 aromatic carbocycles. The summed E-state index contributed by atoms with van der Waals surface area (Å²) in [5.74, 6) is -0.238. The zero-order chi connectivity index (χ0) is 10.8. The van der Waals surface area contributed by atoms with Crippen molar-refractivity contribution in [2.24, 2.45) is 0 Å². The molecule has 1 N–H and O–H groups in total. The van der Waals surface area contributed by atoms with Crippen LogP contribution < -0.4 is 5.32 Å². The zero-order valence-electron chi connectivity index (χ0n) is 8.70. The highest BCUT2D eigenvalue weighted by atomic mass is 35.5. The second-order valence-electron chi connectivity index (χ2n) is 4.04. The van der Waals surface area contributed by atoms with Crippen molar-refractivity contribution in [2.75, 3.05) is 13.6 Å². The molecule has 1 rings (SSSR count). The van der Waals surface area contributed by atoms with Gasteiger partial charge in [0.05, 0.1) is 0 Å². The third-order valence-electron chi connectivity index (χ3n) is 2.28. The Hall–Kier alpha value is -0.600. The Kier molecular flexibility index (Phi) is 3.51. The molecule has 0 unspecified atom stereocenters. The minimum atomic E-state index is -0.238. The number of nitrogens with one attached hydrogen (secondary N) is 1. The molecule has 0 spiro atoms. The van der Waals surface area contributed by atoms with Crippen LogP contribution in [0.2, 0.25) is 5.02 Å². The minimum absolute atomic E-state index is 0.219. The fourth-order valence-corrected chi connectivity index (χ4v) is 1.73. The van der Waals surface area contributed by atoms with E-state index in [1.54, 1.807) is 12.1 Å². The molecular formula is C11H15ClFN. The quantitative estimate of drug-likeness (QED) is 0.818. The summed E-state index contributed by atoms with van der Waals surface area (Å²) in [7, 11) is 1.86. The van der Waals surface area contributed by atoms with E-state index in [1.807, 2.05) is 20.9 Å². The van der Waals surface area contributed by atoms with Crippen molar-refractivity contribution < 1.29 is 4.39 Å². The Morgan fingerprint density at radius 2 is 2.07 bits per heavy atom. The molecule has 0 amide bonds. The van der Waals surface area contributed by atoms with E-state index >= 15 is 0 Å². The van der Waals surface area contributed by atoms with Gasteiger partial charge in [0.25, 0.3) is 0 Å². The van der Waals surface area contributed by atoms with E-state index in [-0.39, 0.29) is 11.2 Å². The number of hydrogen-bond donors (Lipinski definition) is 1. The smallest absolute Gasteiger partial charge is 0.128 e. The lowest BCUT2D eigenvalue weighted by Crippen LogP contribution is -2.31. The maximum atomic E-state index is 13.6. The monoisotopic (exact) mass is 215 g/mol. The Bertz CT molecular complexity index is 323. The van der Waals surface area contributed by atoms with Crippen molar-refractivity contribution in [3.8, 4) is 0 Å². The summed E-state index contributed by atoms with van der Waals surface area (Å²) >= 11 is 5.69. The van der Waals surface area contributed by atoms with Gasteiger partial charge in [-0.2, -0.15) is 0 Å². The average Bonchev–Trinajstić information content (AvgIpc) is 2.02. The van der Waals surface area contributed by atoms with Gasteiger partial charge in [0.1, 0.15) is 5.82 Å². The van der Waals surface area contributed by atoms with Gasteiger partial charge < -0.3 is 5.32 Å². The van der Waals surface area contributed by atoms with E-state index in [0.717, 1.165) is 6.54 Å². The SMILES string of the molecule is CNCC(C)(C)c1ccc(Cl)cc1F. The number of likely N-dealkylation sites (N-methyl/N-ethyl adjacent to an activating group) is 1. The maximum Gasteiger partial charge on any atom is 0.128 e. The van der Waals surface area contributed by atoms with E-state index in [2.05, 4.69) is 5.32 Å². The van der Waals surface area contributed by atoms with Crippen LogP contribution in [-0.4, -0.2) is 13.6 Å². The Labute approximate surface area is 89.3 Å². The molecule has 0 aliphatic heterocycles. The average molecular weight is 216 g/mol. The van der Waals surface area contributed by atoms with E-state index in [1.165, 1.54) is 6.07 Å². The topological polar surface area (TPSA) is 12.0 Å². The molecule has 0 atom stereocenters. The summed E-state index contributed by atoms with van der Waals surface area (Å²) in [6.45, 7) is 4.72. The van der Waals surface area contributed by atoms with Gasteiger partial charge in [-0.25, -0.2) is 4.39 Å². The predicted molar refractivity (Wildman–Crippen MR) is 58.4 cm³/mol. The Morgan fingerprint density at radius 3 is 2.57 bits per heavy atom. The van der Waals surface area contributed by atoms with Crippen LogP contribution in [0.4, 0.5) is 4.39 Å². The second kappa shape index (κ2) is 4.28. The highest BCUT2D eigenvalue weighted by Crippen LogP contribution is 2.26. The first-order chi connectivity index (χ1) is 6.47. The minimum Gasteiger partial charge on any atom is -0.319 e. The molecule has 3 heteroatoms. The van der Waals surface area contributed by atoms with Gasteiger partial charge in [-0.3, -0.25) is 0 Å². The summed E-state index contributed by atoms with van der Waals surface area (Å²) in [5, 5.41) is 3.49. The summed E-state index contributed by atoms with van der Waals surface area (Å²) in [6, 6.07) is 4.82. The normalized spacial score (nSPS) is 11.8. The lowest BCUT2D eigenvalue weighted by atomic mass is 9.84. The molecule has 14 heavy (non-hydrogen) atoms. The van der Waals surface area contributed by atoms with Crippen LogP contribution in [0, 0.1) is 5.82 Å². The molecule has 0 fully saturated rings. The second-order valence-corrected chi connectivity index (χ2v) is 4.47. The van der Waals surface area contributed by atoms with Crippen molar-refractivity contribution in [3.05, 3.63) is 34.6 Å². The van der Waals surface area contributed by atoms with Gasteiger partial charge in [-0.15, -0.1) is 0 Å². The van der Waals surface area contributed by atoms with Crippen LogP contribution in [0.1, 0.15) is 19.4 Å². The van der Waals surface area contributed by atoms with Gasteiger partial charge in [0, 0.05) is 17.0 Å². The molecule has 0 aliphatic rings. The maximum absolute atomic E-state index is 13.6. The van der Waals surface area contributed by atoms with E-state index in [4.69, 9.17) is 11.6 Å². The van der Waals surface area contributed by atoms with Crippen LogP contribution in [0.25, 0.3) is 0 Å². The first-order valence-corrected chi connectivity index (χ1v) is 4.95. The number of rotatable bonds is 3. The highest BCUT2D eigenvalue weighted by Gasteiger charge is 2.23. The van der Waals surface area contributed by atoms with Crippen LogP contribution >= 0.6 is 11.6 Å². The van der Waals surface area contributed by atoms with Gasteiger partial charge in [-0.1, -0.05) is 31.5 Å². The third kappa shape index (κ3) is 2.46. The fourth-order valence-electron chi connectivity index (χ4n) is 1.58. The number of benzene rings is 1. The number of hydrogen-bond acceptors (Lipinski definition) is 1. The van der Waals surface area contributed by atoms with Crippen molar-refractivity contribution in [2.45, 2.75) is 19.3 Å². The van der Waals surface area contributed by atoms with E-state index in [9.17, 15) is 4.39 Å². The van der Waals surface area contributed by atoms with Crippen LogP contribution in [0.15, 0.2) is 18.2 Å². The van der Waals surface area contributed by atoms with Crippen molar-refractivity contribution >= 4 is 11.6 Å². The van der Waals surface area contributed by atoms with Gasteiger partial charge in [0.15, 0.2) is 0 Å². The highest BCUT2D eigenvalue weighted by molar-refractivity contribution is 6.30. The first-order valence-electron chi connectivity index (χ1n) is 4.57. The number of halogens is 2. The molecule has 1 aromatic rings. The standard InChI is InChI=1S/C11H15ClFN/c1-11(2,7-14-3)9-5-4-8(12)6-10(9)13/h4-6,14H,7H2,1-3H3. The lowest BCUT2D eigenvalue weighted by molar-refractivity contribution is 0.462. The summed E-state index contributed by atoms with van der Waals surface area (Å²) < 4.78 is 13.6. The molecule has 0 bridgehead atoms. The molecule has 0 saturated heterocycles. The van der Waals surface area contributed by atoms with E-state index in [0.29, 0.717) is 10.6 Å². The summed E-state index contributed by atoms with van der Waals surface area (Å²) in [4.78, 5) is 0. The fraction of sp³-hybridized carbons (Fsp3) is 0.455. The summed E-state index contributed by atoms with van der Waals surface area (Å²) in [6.07, 6.45) is 0. The molecule has 78 valence electrons. The van der Waals surface area contributed by atoms with Crippen molar-refractivity contribution in [3.63, 3.8) is 0 Å². The van der Waals surface area contributed by atoms with Crippen LogP contribution in [0.3, 0.4) is 0 Å². The summed E-state index contributed by atoms with van der Waals surface area (Å²) in [5.41, 5.74) is 0.472. The molecule has 0 saturated carbocycles. The van der Waals surface area contributed by atoms with Gasteiger partial charge in [-0.05, 0) is 24.7 Å². The predicted octanol–water partition coefficient (Wildman–Crippen LogP) is 2.98. The Morgan fingerprint density at radius 1 is 1.43 bits per heavy atom. The lowest BCUT2D eigenvalue weighted by Gasteiger charge is -2.25. The molecule has 0 radical (unpaired) electrons. The Balaban J connectivity index is 3.06. The van der Waals surface area contributed by atoms with E-state index < -0.39 is 0 Å².